The highest BCUT2D eigenvalue weighted by molar-refractivity contribution is 7.47. The van der Waals surface area contributed by atoms with Crippen molar-refractivity contribution in [1.82, 2.24) is 39.0 Å². The molecule has 4 aromatic heterocycles. The molecule has 7 N–H and O–H groups in total. The Balaban J connectivity index is 1.21. The van der Waals surface area contributed by atoms with E-state index in [1.807, 2.05) is 0 Å². The van der Waals surface area contributed by atoms with Crippen molar-refractivity contribution in [2.75, 3.05) is 31.8 Å². The second-order valence-electron chi connectivity index (χ2n) is 10.7. The number of phosphoric acid groups is 1. The van der Waals surface area contributed by atoms with E-state index in [1.165, 1.54) is 19.8 Å². The molecule has 4 aromatic rings. The number of H-pyrrole nitrogens is 1. The van der Waals surface area contributed by atoms with Gasteiger partial charge in [-0.3, -0.25) is 32.5 Å². The van der Waals surface area contributed by atoms with E-state index in [0.29, 0.717) is 11.2 Å². The molecule has 9 atom stereocenters. The number of rotatable bonds is 11. The summed E-state index contributed by atoms with van der Waals surface area (Å²) in [7, 11) is -7.12. The van der Waals surface area contributed by atoms with E-state index in [1.54, 1.807) is 11.5 Å². The van der Waals surface area contributed by atoms with E-state index >= 15 is 4.39 Å². The summed E-state index contributed by atoms with van der Waals surface area (Å²) in [5.74, 6) is -0.131. The molecule has 2 unspecified atom stereocenters. The molecule has 2 saturated heterocycles. The van der Waals surface area contributed by atoms with Crippen LogP contribution in [0, 0.1) is 0 Å². The van der Waals surface area contributed by atoms with Crippen LogP contribution in [-0.2, 0) is 36.9 Å². The van der Waals surface area contributed by atoms with Crippen LogP contribution in [0.4, 0.5) is 16.2 Å². The molecule has 46 heavy (non-hydrogen) atoms. The fourth-order valence-electron chi connectivity index (χ4n) is 5.38. The molecule has 2 aliphatic heterocycles. The smallest absolute Gasteiger partial charge is 0.382 e. The summed E-state index contributed by atoms with van der Waals surface area (Å²) in [5.41, 5.74) is 9.99. The van der Waals surface area contributed by atoms with Gasteiger partial charge in [-0.25, -0.2) is 28.9 Å². The van der Waals surface area contributed by atoms with Crippen LogP contribution in [0.2, 0.25) is 0 Å². The number of methoxy groups -OCH3 is 1. The van der Waals surface area contributed by atoms with Crippen LogP contribution in [-0.4, -0.2) is 99.2 Å². The van der Waals surface area contributed by atoms with Crippen LogP contribution in [0.25, 0.3) is 22.3 Å². The Morgan fingerprint density at radius 2 is 1.91 bits per heavy atom. The van der Waals surface area contributed by atoms with E-state index in [4.69, 9.17) is 39.6 Å². The molecular formula is C22H29FN10O11P2. The summed E-state index contributed by atoms with van der Waals surface area (Å²) in [4.78, 5) is 54.7. The van der Waals surface area contributed by atoms with Crippen molar-refractivity contribution in [3.63, 3.8) is 0 Å². The van der Waals surface area contributed by atoms with Gasteiger partial charge in [0.2, 0.25) is 5.95 Å². The maximum Gasteiger partial charge on any atom is 0.472 e. The second kappa shape index (κ2) is 12.3. The van der Waals surface area contributed by atoms with E-state index in [0.717, 1.165) is 10.9 Å². The van der Waals surface area contributed by atoms with Crippen molar-refractivity contribution in [2.45, 2.75) is 55.9 Å². The number of nitrogens with zero attached hydrogens (tertiary/aromatic N) is 7. The minimum absolute atomic E-state index is 0.152. The van der Waals surface area contributed by atoms with Crippen LogP contribution in [0.1, 0.15) is 25.8 Å². The quantitative estimate of drug-likeness (QED) is 0.129. The summed E-state index contributed by atoms with van der Waals surface area (Å²) in [5, 5.41) is 0. The Kier molecular flexibility index (Phi) is 8.70. The Morgan fingerprint density at radius 3 is 2.63 bits per heavy atom. The third kappa shape index (κ3) is 6.16. The SMILES string of the molecule is CO[C@@H]1C[C@](C)(COP(=O)(O)O[C@@H]2[C@H](F)[C@@H](CO[PH](=O)O)O[C@H]2n2cnc3c(=O)[nH]c(N)nc32)O[C@H]1n1cnc2c(N)ncnc21. The first-order valence-electron chi connectivity index (χ1n) is 13.5. The van der Waals surface area contributed by atoms with Gasteiger partial charge in [0, 0.05) is 13.5 Å². The number of nitrogens with two attached hydrogens (primary N) is 2. The molecule has 24 heteroatoms. The van der Waals surface area contributed by atoms with Crippen molar-refractivity contribution >= 4 is 50.2 Å². The average molecular weight is 690 g/mol. The fourth-order valence-corrected chi connectivity index (χ4v) is 6.71. The largest absolute Gasteiger partial charge is 0.472 e. The number of imidazole rings is 2. The first kappa shape index (κ1) is 32.5. The summed E-state index contributed by atoms with van der Waals surface area (Å²) >= 11 is 0. The van der Waals surface area contributed by atoms with Crippen LogP contribution in [0.3, 0.4) is 0 Å². The predicted molar refractivity (Wildman–Crippen MR) is 153 cm³/mol. The standard InChI is InChI=1S/C22H29FN10O11P2/c1-22(3-9(39-2)19(43-22)32-7-28-12-15(24)26-6-27-16(12)32)5-41-46(37,38)44-14-11(23)10(4-40-45(35)36)42-20(14)33-8-29-13-17(33)30-21(25)31-18(13)34/h6-11,14,19-20,45H,3-5H2,1-2H3,(H,35,36)(H,37,38)(H2,24,26,27)(H3,25,30,31,34)/t9-,10-,11-,14-,19-,20-,22-/m1/s1. The first-order valence-corrected chi connectivity index (χ1v) is 16.2. The number of alkyl halides is 1. The van der Waals surface area contributed by atoms with Gasteiger partial charge in [0.05, 0.1) is 31.5 Å². The lowest BCUT2D eigenvalue weighted by molar-refractivity contribution is -0.103. The maximum atomic E-state index is 15.7. The van der Waals surface area contributed by atoms with Gasteiger partial charge in [-0.15, -0.1) is 0 Å². The summed E-state index contributed by atoms with van der Waals surface area (Å²) in [6, 6.07) is 0. The highest BCUT2D eigenvalue weighted by atomic mass is 31.2. The molecule has 2 fully saturated rings. The van der Waals surface area contributed by atoms with Crippen molar-refractivity contribution in [3.05, 3.63) is 29.3 Å². The van der Waals surface area contributed by atoms with Crippen molar-refractivity contribution in [3.8, 4) is 0 Å². The average Bonchev–Trinajstić information content (AvgIpc) is 3.76. The molecule has 0 saturated carbocycles. The lowest BCUT2D eigenvalue weighted by Gasteiger charge is -2.27. The molecule has 0 aromatic carbocycles. The molecule has 6 rings (SSSR count). The fraction of sp³-hybridized carbons (Fsp3) is 0.545. The number of hydrogen-bond donors (Lipinski definition) is 5. The number of nitrogen functional groups attached to an aromatic ring is 2. The molecule has 0 amide bonds. The lowest BCUT2D eigenvalue weighted by Crippen LogP contribution is -2.33. The van der Waals surface area contributed by atoms with Crippen LogP contribution >= 0.6 is 16.1 Å². The predicted octanol–water partition coefficient (Wildman–Crippen LogP) is -0.0472. The first-order chi connectivity index (χ1) is 21.8. The van der Waals surface area contributed by atoms with E-state index in [-0.39, 0.29) is 29.4 Å². The van der Waals surface area contributed by atoms with Crippen molar-refractivity contribution in [1.29, 1.82) is 0 Å². The molecule has 21 nitrogen and oxygen atoms in total. The molecular weight excluding hydrogens is 661 g/mol. The van der Waals surface area contributed by atoms with Gasteiger partial charge in [0.15, 0.2) is 41.3 Å². The summed E-state index contributed by atoms with van der Waals surface area (Å²) < 4.78 is 75.5. The highest BCUT2D eigenvalue weighted by Gasteiger charge is 2.52. The van der Waals surface area contributed by atoms with Gasteiger partial charge in [0.1, 0.15) is 30.2 Å². The Bertz CT molecular complexity index is 1890. The number of fused-ring (bicyclic) bond motifs is 2. The Hall–Kier alpha value is -3.43. The monoisotopic (exact) mass is 690 g/mol. The molecule has 6 heterocycles. The molecule has 0 spiro atoms. The van der Waals surface area contributed by atoms with Gasteiger partial charge >= 0.3 is 16.1 Å². The Morgan fingerprint density at radius 1 is 1.20 bits per heavy atom. The maximum absolute atomic E-state index is 15.7. The third-order valence-electron chi connectivity index (χ3n) is 7.47. The number of hydrogen-bond acceptors (Lipinski definition) is 16. The molecule has 0 radical (unpaired) electrons. The highest BCUT2D eigenvalue weighted by Crippen LogP contribution is 2.52. The van der Waals surface area contributed by atoms with Gasteiger partial charge in [0.25, 0.3) is 5.56 Å². The third-order valence-corrected chi connectivity index (χ3v) is 8.85. The number of nitrogens with one attached hydrogen (secondary N) is 1. The summed E-state index contributed by atoms with van der Waals surface area (Å²) in [6.07, 6.45) is -4.62. The number of aromatic nitrogens is 8. The Labute approximate surface area is 257 Å². The normalized spacial score (nSPS) is 30.3. The van der Waals surface area contributed by atoms with E-state index < -0.39 is 77.4 Å². The molecule has 2 aliphatic rings. The number of halogens is 1. The number of phosphoric ester groups is 1. The second-order valence-corrected chi connectivity index (χ2v) is 12.9. The minimum Gasteiger partial charge on any atom is -0.382 e. The van der Waals surface area contributed by atoms with Crippen LogP contribution < -0.4 is 17.0 Å². The van der Waals surface area contributed by atoms with E-state index in [2.05, 4.69) is 34.4 Å². The minimum atomic E-state index is -5.10. The van der Waals surface area contributed by atoms with Gasteiger partial charge < -0.3 is 40.0 Å². The molecule has 0 bridgehead atoms. The number of anilines is 2. The van der Waals surface area contributed by atoms with E-state index in [9.17, 15) is 18.8 Å². The lowest BCUT2D eigenvalue weighted by atomic mass is 10.0. The molecule has 0 aliphatic carbocycles. The van der Waals surface area contributed by atoms with Crippen molar-refractivity contribution in [2.24, 2.45) is 0 Å². The van der Waals surface area contributed by atoms with Gasteiger partial charge in [-0.1, -0.05) is 0 Å². The number of ether oxygens (including phenoxy) is 3. The topological polar surface area (TPSA) is 289 Å². The zero-order chi connectivity index (χ0) is 33.0. The van der Waals surface area contributed by atoms with Crippen molar-refractivity contribution < 1.29 is 51.1 Å². The zero-order valence-corrected chi connectivity index (χ0v) is 25.9. The zero-order valence-electron chi connectivity index (χ0n) is 24.0. The molecule has 250 valence electrons. The van der Waals surface area contributed by atoms with Crippen LogP contribution in [0.5, 0.6) is 0 Å². The van der Waals surface area contributed by atoms with Gasteiger partial charge in [-0.05, 0) is 6.92 Å². The van der Waals surface area contributed by atoms with Crippen LogP contribution in [0.15, 0.2) is 23.8 Å². The summed E-state index contributed by atoms with van der Waals surface area (Å²) in [6.45, 7) is 0.379. The number of aromatic amines is 1. The van der Waals surface area contributed by atoms with Gasteiger partial charge in [-0.2, -0.15) is 4.98 Å².